The maximum absolute atomic E-state index is 12.1. The topological polar surface area (TPSA) is 54.0 Å². The first-order chi connectivity index (χ1) is 11.2. The van der Waals surface area contributed by atoms with Gasteiger partial charge in [0.1, 0.15) is 0 Å². The summed E-state index contributed by atoms with van der Waals surface area (Å²) >= 11 is 0. The third kappa shape index (κ3) is 3.95. The van der Waals surface area contributed by atoms with Crippen LogP contribution in [0.1, 0.15) is 15.9 Å². The Morgan fingerprint density at radius 1 is 0.870 bits per heavy atom. The molecule has 1 heterocycles. The number of benzene rings is 2. The Balaban J connectivity index is 1.65. The van der Waals surface area contributed by atoms with Gasteiger partial charge in [-0.25, -0.2) is 0 Å². The lowest BCUT2D eigenvalue weighted by Gasteiger charge is -2.09. The van der Waals surface area contributed by atoms with E-state index in [1.807, 2.05) is 36.4 Å². The predicted molar refractivity (Wildman–Crippen MR) is 93.1 cm³/mol. The summed E-state index contributed by atoms with van der Waals surface area (Å²) in [6.45, 7) is 2.06. The van der Waals surface area contributed by atoms with E-state index in [1.54, 1.807) is 24.5 Å². The highest BCUT2D eigenvalue weighted by molar-refractivity contribution is 6.04. The van der Waals surface area contributed by atoms with Crippen LogP contribution in [0.3, 0.4) is 0 Å². The summed E-state index contributed by atoms with van der Waals surface area (Å²) in [5.74, 6) is -0.169. The fourth-order valence-corrected chi connectivity index (χ4v) is 2.14. The molecule has 2 N–H and O–H groups in total. The van der Waals surface area contributed by atoms with Crippen molar-refractivity contribution in [1.29, 1.82) is 0 Å². The average Bonchev–Trinajstić information content (AvgIpc) is 2.59. The van der Waals surface area contributed by atoms with E-state index >= 15 is 0 Å². The van der Waals surface area contributed by atoms with Crippen LogP contribution in [-0.4, -0.2) is 10.9 Å². The van der Waals surface area contributed by atoms with Gasteiger partial charge in [0.25, 0.3) is 5.91 Å². The normalized spacial score (nSPS) is 10.1. The van der Waals surface area contributed by atoms with Crippen LogP contribution >= 0.6 is 0 Å². The van der Waals surface area contributed by atoms with E-state index in [4.69, 9.17) is 0 Å². The van der Waals surface area contributed by atoms with Crippen molar-refractivity contribution < 1.29 is 4.79 Å². The quantitative estimate of drug-likeness (QED) is 0.751. The van der Waals surface area contributed by atoms with Gasteiger partial charge in [0, 0.05) is 29.5 Å². The van der Waals surface area contributed by atoms with Gasteiger partial charge in [-0.1, -0.05) is 17.7 Å². The van der Waals surface area contributed by atoms with Gasteiger partial charge >= 0.3 is 0 Å². The number of nitrogens with zero attached hydrogens (tertiary/aromatic N) is 1. The van der Waals surface area contributed by atoms with E-state index in [0.29, 0.717) is 5.56 Å². The lowest BCUT2D eigenvalue weighted by Crippen LogP contribution is -2.11. The molecule has 0 radical (unpaired) electrons. The molecule has 0 spiro atoms. The van der Waals surface area contributed by atoms with Crippen molar-refractivity contribution in [2.24, 2.45) is 0 Å². The summed E-state index contributed by atoms with van der Waals surface area (Å²) in [7, 11) is 0. The second kappa shape index (κ2) is 6.75. The van der Waals surface area contributed by atoms with E-state index in [-0.39, 0.29) is 5.91 Å². The summed E-state index contributed by atoms with van der Waals surface area (Å²) in [6.07, 6.45) is 3.19. The summed E-state index contributed by atoms with van der Waals surface area (Å²) in [5.41, 5.74) is 4.50. The molecule has 114 valence electrons. The van der Waals surface area contributed by atoms with Crippen LogP contribution in [0.5, 0.6) is 0 Å². The van der Waals surface area contributed by atoms with Crippen LogP contribution in [0.15, 0.2) is 73.1 Å². The van der Waals surface area contributed by atoms with Crippen LogP contribution in [0.25, 0.3) is 0 Å². The van der Waals surface area contributed by atoms with E-state index in [9.17, 15) is 4.79 Å². The zero-order valence-electron chi connectivity index (χ0n) is 12.8. The Labute approximate surface area is 135 Å². The number of carbonyl (C=O) groups is 1. The summed E-state index contributed by atoms with van der Waals surface area (Å²) in [5, 5.41) is 6.17. The second-order valence-corrected chi connectivity index (χ2v) is 5.26. The molecular formula is C19H17N3O. The molecule has 0 saturated carbocycles. The number of amides is 1. The molecule has 3 rings (SSSR count). The fourth-order valence-electron chi connectivity index (χ4n) is 2.14. The van der Waals surface area contributed by atoms with Crippen molar-refractivity contribution in [3.05, 3.63) is 84.2 Å². The molecule has 0 unspecified atom stereocenters. The second-order valence-electron chi connectivity index (χ2n) is 5.26. The maximum Gasteiger partial charge on any atom is 0.257 e. The first-order valence-electron chi connectivity index (χ1n) is 7.36. The predicted octanol–water partition coefficient (Wildman–Crippen LogP) is 4.39. The van der Waals surface area contributed by atoms with Gasteiger partial charge in [-0.2, -0.15) is 0 Å². The number of anilines is 3. The third-order valence-corrected chi connectivity index (χ3v) is 3.41. The minimum atomic E-state index is -0.169. The lowest BCUT2D eigenvalue weighted by molar-refractivity contribution is 0.102. The first kappa shape index (κ1) is 14.8. The molecule has 0 saturated heterocycles. The molecule has 0 bridgehead atoms. The van der Waals surface area contributed by atoms with Crippen LogP contribution < -0.4 is 10.6 Å². The molecular weight excluding hydrogens is 286 g/mol. The van der Waals surface area contributed by atoms with Crippen molar-refractivity contribution in [2.75, 3.05) is 10.6 Å². The summed E-state index contributed by atoms with van der Waals surface area (Å²) in [4.78, 5) is 16.0. The molecule has 4 heteroatoms. The number of hydrogen-bond donors (Lipinski definition) is 2. The Morgan fingerprint density at radius 3 is 2.09 bits per heavy atom. The van der Waals surface area contributed by atoms with E-state index < -0.39 is 0 Å². The number of aryl methyl sites for hydroxylation is 1. The monoisotopic (exact) mass is 303 g/mol. The average molecular weight is 303 g/mol. The number of carbonyl (C=O) groups excluding carboxylic acids is 1. The van der Waals surface area contributed by atoms with Gasteiger partial charge in [-0.3, -0.25) is 9.78 Å². The van der Waals surface area contributed by atoms with Crippen LogP contribution in [-0.2, 0) is 0 Å². The van der Waals surface area contributed by atoms with Crippen LogP contribution in [0, 0.1) is 6.92 Å². The third-order valence-electron chi connectivity index (χ3n) is 3.41. The highest BCUT2D eigenvalue weighted by Crippen LogP contribution is 2.19. The molecule has 0 fully saturated rings. The minimum absolute atomic E-state index is 0.169. The van der Waals surface area contributed by atoms with Gasteiger partial charge in [0.15, 0.2) is 0 Å². The number of rotatable bonds is 4. The maximum atomic E-state index is 12.1. The fraction of sp³-hybridized carbons (Fsp3) is 0.0526. The lowest BCUT2D eigenvalue weighted by atomic mass is 10.2. The zero-order chi connectivity index (χ0) is 16.1. The van der Waals surface area contributed by atoms with E-state index in [2.05, 4.69) is 34.7 Å². The molecule has 0 aliphatic heterocycles. The van der Waals surface area contributed by atoms with Crippen LogP contribution in [0.4, 0.5) is 17.1 Å². The molecule has 1 amide bonds. The van der Waals surface area contributed by atoms with Crippen molar-refractivity contribution in [1.82, 2.24) is 4.98 Å². The van der Waals surface area contributed by atoms with Crippen molar-refractivity contribution in [2.45, 2.75) is 6.92 Å². The SMILES string of the molecule is Cc1ccc(Nc2ccc(NC(=O)c3cccnc3)cc2)cc1. The Hall–Kier alpha value is -3.14. The molecule has 3 aromatic rings. The molecule has 4 nitrogen and oxygen atoms in total. The van der Waals surface area contributed by atoms with Gasteiger partial charge in [0.2, 0.25) is 0 Å². The zero-order valence-corrected chi connectivity index (χ0v) is 12.8. The number of aromatic nitrogens is 1. The number of nitrogens with one attached hydrogen (secondary N) is 2. The summed E-state index contributed by atoms with van der Waals surface area (Å²) in [6, 6.07) is 19.3. The van der Waals surface area contributed by atoms with Crippen LogP contribution in [0.2, 0.25) is 0 Å². The number of pyridine rings is 1. The molecule has 2 aromatic carbocycles. The van der Waals surface area contributed by atoms with Gasteiger partial charge < -0.3 is 10.6 Å². The van der Waals surface area contributed by atoms with Crippen molar-refractivity contribution in [3.8, 4) is 0 Å². The Bertz CT molecular complexity index is 781. The van der Waals surface area contributed by atoms with E-state index in [0.717, 1.165) is 17.1 Å². The molecule has 23 heavy (non-hydrogen) atoms. The van der Waals surface area contributed by atoms with Crippen molar-refractivity contribution >= 4 is 23.0 Å². The summed E-state index contributed by atoms with van der Waals surface area (Å²) < 4.78 is 0. The number of hydrogen-bond acceptors (Lipinski definition) is 3. The highest BCUT2D eigenvalue weighted by atomic mass is 16.1. The van der Waals surface area contributed by atoms with Crippen molar-refractivity contribution in [3.63, 3.8) is 0 Å². The molecule has 0 aliphatic carbocycles. The smallest absolute Gasteiger partial charge is 0.257 e. The standard InChI is InChI=1S/C19H17N3O/c1-14-4-6-16(7-5-14)21-17-8-10-18(11-9-17)22-19(23)15-3-2-12-20-13-15/h2-13,21H,1H3,(H,22,23). The Kier molecular flexibility index (Phi) is 4.34. The van der Waals surface area contributed by atoms with Gasteiger partial charge in [-0.15, -0.1) is 0 Å². The minimum Gasteiger partial charge on any atom is -0.356 e. The molecule has 0 atom stereocenters. The Morgan fingerprint density at radius 2 is 1.48 bits per heavy atom. The molecule has 0 aliphatic rings. The van der Waals surface area contributed by atoms with E-state index in [1.165, 1.54) is 5.56 Å². The highest BCUT2D eigenvalue weighted by Gasteiger charge is 2.05. The largest absolute Gasteiger partial charge is 0.356 e. The van der Waals surface area contributed by atoms with Gasteiger partial charge in [0.05, 0.1) is 5.56 Å². The first-order valence-corrected chi connectivity index (χ1v) is 7.36. The van der Waals surface area contributed by atoms with Gasteiger partial charge in [-0.05, 0) is 55.5 Å². The molecule has 1 aromatic heterocycles.